The second-order valence-corrected chi connectivity index (χ2v) is 7.22. The highest BCUT2D eigenvalue weighted by atomic mass is 16.6. The molecule has 0 aromatic heterocycles. The molecule has 0 N–H and O–H groups in total. The molecule has 0 saturated carbocycles. The van der Waals surface area contributed by atoms with Gasteiger partial charge in [0.25, 0.3) is 0 Å². The monoisotopic (exact) mass is 432 g/mol. The van der Waals surface area contributed by atoms with Gasteiger partial charge in [0.1, 0.15) is 5.60 Å². The lowest BCUT2D eigenvalue weighted by atomic mass is 9.80. The predicted octanol–water partition coefficient (Wildman–Crippen LogP) is 5.23. The highest BCUT2D eigenvalue weighted by molar-refractivity contribution is 5.47. The van der Waals surface area contributed by atoms with Crippen molar-refractivity contribution in [2.75, 3.05) is 46.2 Å². The van der Waals surface area contributed by atoms with Gasteiger partial charge in [-0.15, -0.1) is 6.58 Å². The molecule has 0 spiro atoms. The fourth-order valence-corrected chi connectivity index (χ4v) is 3.63. The second kappa shape index (κ2) is 13.6. The lowest BCUT2D eigenvalue weighted by Gasteiger charge is -2.36. The van der Waals surface area contributed by atoms with Gasteiger partial charge in [0.15, 0.2) is 0 Å². The summed E-state index contributed by atoms with van der Waals surface area (Å²) in [6.45, 7) is 7.23. The van der Waals surface area contributed by atoms with E-state index in [-0.39, 0.29) is 0 Å². The summed E-state index contributed by atoms with van der Waals surface area (Å²) < 4.78 is 23.2. The van der Waals surface area contributed by atoms with Crippen molar-refractivity contribution in [3.63, 3.8) is 0 Å². The molecule has 0 saturated heterocycles. The molecule has 0 aliphatic rings. The van der Waals surface area contributed by atoms with Crippen molar-refractivity contribution in [3.8, 4) is 0 Å². The molecule has 168 valence electrons. The van der Waals surface area contributed by atoms with Crippen LogP contribution < -0.4 is 0 Å². The van der Waals surface area contributed by atoms with E-state index in [9.17, 15) is 0 Å². The molecule has 0 fully saturated rings. The van der Waals surface area contributed by atoms with E-state index < -0.39 is 5.60 Å². The summed E-state index contributed by atoms with van der Waals surface area (Å²) in [7, 11) is 0. The highest BCUT2D eigenvalue weighted by Gasteiger charge is 2.37. The minimum atomic E-state index is -0.716. The minimum absolute atomic E-state index is 0.446. The maximum absolute atomic E-state index is 6.66. The van der Waals surface area contributed by atoms with E-state index in [1.54, 1.807) is 6.08 Å². The van der Waals surface area contributed by atoms with E-state index in [4.69, 9.17) is 18.9 Å². The Morgan fingerprint density at radius 2 is 0.906 bits per heavy atom. The SMILES string of the molecule is C=CCOCCOCCOCCOC(c1ccccc1)(c1ccccc1)c1ccccc1. The minimum Gasteiger partial charge on any atom is -0.377 e. The van der Waals surface area contributed by atoms with E-state index in [2.05, 4.69) is 43.0 Å². The first-order chi connectivity index (χ1) is 15.9. The maximum Gasteiger partial charge on any atom is 0.143 e. The number of rotatable bonds is 15. The molecule has 0 heterocycles. The summed E-state index contributed by atoms with van der Waals surface area (Å²) in [5, 5.41) is 0. The smallest absolute Gasteiger partial charge is 0.143 e. The zero-order valence-corrected chi connectivity index (χ0v) is 18.5. The maximum atomic E-state index is 6.66. The van der Waals surface area contributed by atoms with Crippen LogP contribution in [0.25, 0.3) is 0 Å². The summed E-state index contributed by atoms with van der Waals surface area (Å²) in [4.78, 5) is 0. The van der Waals surface area contributed by atoms with Gasteiger partial charge in [-0.1, -0.05) is 97.1 Å². The van der Waals surface area contributed by atoms with Crippen molar-refractivity contribution in [2.45, 2.75) is 5.60 Å². The Morgan fingerprint density at radius 1 is 0.531 bits per heavy atom. The number of hydrogen-bond donors (Lipinski definition) is 0. The Morgan fingerprint density at radius 3 is 1.31 bits per heavy atom. The summed E-state index contributed by atoms with van der Waals surface area (Å²) in [5.41, 5.74) is 2.53. The molecule has 3 aromatic rings. The molecule has 0 aliphatic carbocycles. The number of benzene rings is 3. The fourth-order valence-electron chi connectivity index (χ4n) is 3.63. The second-order valence-electron chi connectivity index (χ2n) is 7.22. The fraction of sp³-hybridized carbons (Fsp3) is 0.286. The highest BCUT2D eigenvalue weighted by Crippen LogP contribution is 2.40. The van der Waals surface area contributed by atoms with Gasteiger partial charge in [0, 0.05) is 0 Å². The molecule has 0 amide bonds. The Kier molecular flexibility index (Phi) is 10.2. The third kappa shape index (κ3) is 6.62. The van der Waals surface area contributed by atoms with E-state index >= 15 is 0 Å². The van der Waals surface area contributed by atoms with Crippen molar-refractivity contribution in [1.82, 2.24) is 0 Å². The molecular weight excluding hydrogens is 400 g/mol. The van der Waals surface area contributed by atoms with Crippen LogP contribution in [0.15, 0.2) is 104 Å². The molecule has 4 heteroatoms. The third-order valence-electron chi connectivity index (χ3n) is 5.07. The van der Waals surface area contributed by atoms with Crippen LogP contribution in [0.3, 0.4) is 0 Å². The van der Waals surface area contributed by atoms with Crippen molar-refractivity contribution < 1.29 is 18.9 Å². The van der Waals surface area contributed by atoms with Crippen LogP contribution in [0.2, 0.25) is 0 Å². The van der Waals surface area contributed by atoms with Crippen LogP contribution in [0, 0.1) is 0 Å². The van der Waals surface area contributed by atoms with E-state index in [1.165, 1.54) is 0 Å². The standard InChI is InChI=1S/C28H32O4/c1-2-18-29-19-20-30-21-22-31-23-24-32-28(25-12-6-3-7-13-25,26-14-8-4-9-15-26)27-16-10-5-11-17-27/h2-17H,1,18-24H2. The topological polar surface area (TPSA) is 36.9 Å². The van der Waals surface area contributed by atoms with Gasteiger partial charge in [0.2, 0.25) is 0 Å². The van der Waals surface area contributed by atoms with Gasteiger partial charge in [-0.2, -0.15) is 0 Å². The number of hydrogen-bond acceptors (Lipinski definition) is 4. The Hall–Kier alpha value is -2.76. The summed E-state index contributed by atoms with van der Waals surface area (Å²) in [6.07, 6.45) is 1.73. The first-order valence-electron chi connectivity index (χ1n) is 11.0. The Balaban J connectivity index is 1.65. The molecule has 32 heavy (non-hydrogen) atoms. The Bertz CT molecular complexity index is 784. The van der Waals surface area contributed by atoms with Crippen LogP contribution in [-0.4, -0.2) is 46.2 Å². The van der Waals surface area contributed by atoms with Crippen LogP contribution in [0.4, 0.5) is 0 Å². The van der Waals surface area contributed by atoms with Crippen LogP contribution >= 0.6 is 0 Å². The average Bonchev–Trinajstić information content (AvgIpc) is 2.87. The molecule has 0 bridgehead atoms. The van der Waals surface area contributed by atoms with Gasteiger partial charge in [-0.25, -0.2) is 0 Å². The third-order valence-corrected chi connectivity index (χ3v) is 5.07. The number of ether oxygens (including phenoxy) is 4. The zero-order valence-electron chi connectivity index (χ0n) is 18.5. The Labute approximate surface area is 191 Å². The normalized spacial score (nSPS) is 11.4. The van der Waals surface area contributed by atoms with Gasteiger partial charge >= 0.3 is 0 Å². The van der Waals surface area contributed by atoms with Gasteiger partial charge in [-0.05, 0) is 16.7 Å². The lowest BCUT2D eigenvalue weighted by Crippen LogP contribution is -2.34. The quantitative estimate of drug-likeness (QED) is 0.187. The molecule has 0 atom stereocenters. The molecular formula is C28H32O4. The van der Waals surface area contributed by atoms with Crippen LogP contribution in [0.1, 0.15) is 16.7 Å². The first-order valence-corrected chi connectivity index (χ1v) is 11.0. The zero-order chi connectivity index (χ0) is 22.3. The van der Waals surface area contributed by atoms with Gasteiger partial charge < -0.3 is 18.9 Å². The van der Waals surface area contributed by atoms with E-state index in [1.807, 2.05) is 54.6 Å². The average molecular weight is 433 g/mol. The van der Waals surface area contributed by atoms with Crippen LogP contribution in [0.5, 0.6) is 0 Å². The molecule has 0 radical (unpaired) electrons. The van der Waals surface area contributed by atoms with Crippen molar-refractivity contribution >= 4 is 0 Å². The van der Waals surface area contributed by atoms with Crippen molar-refractivity contribution in [1.29, 1.82) is 0 Å². The molecule has 3 rings (SSSR count). The van der Waals surface area contributed by atoms with Gasteiger partial charge in [0.05, 0.1) is 46.2 Å². The van der Waals surface area contributed by atoms with Crippen molar-refractivity contribution in [3.05, 3.63) is 120 Å². The lowest BCUT2D eigenvalue weighted by molar-refractivity contribution is -0.0363. The largest absolute Gasteiger partial charge is 0.377 e. The van der Waals surface area contributed by atoms with Crippen LogP contribution in [-0.2, 0) is 24.5 Å². The molecule has 0 aliphatic heterocycles. The molecule has 0 unspecified atom stereocenters. The summed E-state index contributed by atoms with van der Waals surface area (Å²) >= 11 is 0. The molecule has 3 aromatic carbocycles. The summed E-state index contributed by atoms with van der Waals surface area (Å²) in [6, 6.07) is 31.0. The van der Waals surface area contributed by atoms with E-state index in [0.717, 1.165) is 16.7 Å². The summed E-state index contributed by atoms with van der Waals surface area (Å²) in [5.74, 6) is 0. The predicted molar refractivity (Wildman–Crippen MR) is 128 cm³/mol. The first kappa shape index (κ1) is 23.9. The van der Waals surface area contributed by atoms with Crippen molar-refractivity contribution in [2.24, 2.45) is 0 Å². The van der Waals surface area contributed by atoms with E-state index in [0.29, 0.717) is 46.2 Å². The molecule has 4 nitrogen and oxygen atoms in total. The van der Waals surface area contributed by atoms with Gasteiger partial charge in [-0.3, -0.25) is 0 Å².